The Kier molecular flexibility index (Phi) is 29.4. The number of aliphatic hydroxyl groups excluding tert-OH is 4. The first-order valence-electron chi connectivity index (χ1n) is 27.9. The summed E-state index contributed by atoms with van der Waals surface area (Å²) >= 11 is -1.14. The van der Waals surface area contributed by atoms with Gasteiger partial charge in [-0.2, -0.15) is 11.8 Å². The summed E-state index contributed by atoms with van der Waals surface area (Å²) in [6, 6.07) is -2.08. The summed E-state index contributed by atoms with van der Waals surface area (Å²) in [4.78, 5) is 164. The molecule has 33 heteroatoms. The van der Waals surface area contributed by atoms with Crippen LogP contribution >= 0.6 is 11.8 Å². The fourth-order valence-corrected chi connectivity index (χ4v) is 11.6. The van der Waals surface area contributed by atoms with Crippen LogP contribution in [0.1, 0.15) is 95.6 Å². The summed E-state index contributed by atoms with van der Waals surface area (Å²) < 4.78 is 20.9. The van der Waals surface area contributed by atoms with Gasteiger partial charge in [0.25, 0.3) is 11.8 Å². The van der Waals surface area contributed by atoms with Crippen LogP contribution in [0.4, 0.5) is 0 Å². The van der Waals surface area contributed by atoms with Crippen molar-refractivity contribution in [2.24, 2.45) is 29.2 Å². The molecule has 1 fully saturated rings. The number of ether oxygens (including phenoxy) is 1. The van der Waals surface area contributed by atoms with Crippen molar-refractivity contribution in [1.82, 2.24) is 52.6 Å². The van der Waals surface area contributed by atoms with Crippen LogP contribution in [-0.2, 0) is 79.3 Å². The molecule has 1 aromatic carbocycles. The molecule has 0 aliphatic carbocycles. The molecule has 1 unspecified atom stereocenters. The van der Waals surface area contributed by atoms with Crippen LogP contribution in [0.3, 0.4) is 0 Å². The Morgan fingerprint density at radius 3 is 2.23 bits per heavy atom. The van der Waals surface area contributed by atoms with Crippen molar-refractivity contribution in [3.63, 3.8) is 0 Å². The topological polar surface area (TPSA) is 495 Å². The van der Waals surface area contributed by atoms with Gasteiger partial charge in [0.15, 0.2) is 6.04 Å². The number of aromatic amines is 1. The zero-order valence-corrected chi connectivity index (χ0v) is 50.0. The number of imide groups is 1. The van der Waals surface area contributed by atoms with E-state index in [1.54, 1.807) is 19.1 Å². The molecule has 86 heavy (non-hydrogen) atoms. The zero-order valence-electron chi connectivity index (χ0n) is 48.3. The summed E-state index contributed by atoms with van der Waals surface area (Å²) in [5.74, 6) is -13.1. The molecule has 1 aromatic heterocycles. The van der Waals surface area contributed by atoms with Crippen LogP contribution < -0.4 is 58.7 Å². The maximum atomic E-state index is 15.2. The van der Waals surface area contributed by atoms with E-state index in [2.05, 4.69) is 47.5 Å². The van der Waals surface area contributed by atoms with Gasteiger partial charge in [-0.05, 0) is 30.9 Å². The van der Waals surface area contributed by atoms with Crippen LogP contribution in [0.25, 0.3) is 10.9 Å². The summed E-state index contributed by atoms with van der Waals surface area (Å²) in [5, 5.41) is 63.1. The number of H-pyrrole nitrogens is 1. The predicted octanol–water partition coefficient (Wildman–Crippen LogP) is -4.95. The molecule has 0 saturated carbocycles. The van der Waals surface area contributed by atoms with Gasteiger partial charge in [0.1, 0.15) is 23.6 Å². The number of amides is 11. The number of benzene rings is 1. The third-order valence-electron chi connectivity index (χ3n) is 14.4. The first kappa shape index (κ1) is 71.3. The van der Waals surface area contributed by atoms with Crippen molar-refractivity contribution in [1.29, 1.82) is 0 Å². The number of aromatic nitrogens is 1. The Balaban J connectivity index is 1.74. The van der Waals surface area contributed by atoms with Crippen molar-refractivity contribution in [2.75, 3.05) is 71.1 Å². The lowest BCUT2D eigenvalue weighted by Gasteiger charge is -2.28. The van der Waals surface area contributed by atoms with E-state index in [1.807, 2.05) is 6.92 Å². The standard InChI is InChI=1S/C53H80N12O19S2/c1-5-27(2)31(13-14-56-41(73)19-54)49(78)60-22-42(74)61-35-26-86(82)53-46(32-9-10-37(83-4)33(48(32)64-53)25-85-16-15-57-39(71)7-6-8-45(77)84-65-43(75)11-12-44(65)76)29(23-66)20-58-52(81)47(28(3)36(69)24-67)63-40(72)17-30(68)21-59-50(79)34(18-38(55)70)62-51(35)80/h9-10,27-31,34-36,47,64,66-69H,5-8,11-26,54H2,1-4H3,(H2,55,70)(H,56,73)(H,57,71)(H,58,81)(H,59,79)(H,60,78)(H,61,74)(H,62,80)(H,63,72)/t27-,28-,29-,30+,31-,34-,35+,36-,47-,86?/m0/s1. The molecule has 17 N–H and O–H groups in total. The maximum Gasteiger partial charge on any atom is 0.333 e. The molecule has 3 heterocycles. The van der Waals surface area contributed by atoms with Crippen molar-refractivity contribution < 1.29 is 92.1 Å². The molecule has 0 bridgehead atoms. The van der Waals surface area contributed by atoms with Gasteiger partial charge in [-0.1, -0.05) is 27.2 Å². The van der Waals surface area contributed by atoms with Crippen molar-refractivity contribution in [3.05, 3.63) is 23.3 Å². The normalized spacial score (nSPS) is 21.5. The average Bonchev–Trinajstić information content (AvgIpc) is 1.69. The van der Waals surface area contributed by atoms with Gasteiger partial charge >= 0.3 is 5.97 Å². The molecule has 0 radical (unpaired) electrons. The number of rotatable bonds is 27. The van der Waals surface area contributed by atoms with E-state index in [0.717, 1.165) is 0 Å². The minimum Gasteiger partial charge on any atom is -0.610 e. The van der Waals surface area contributed by atoms with Gasteiger partial charge in [0.05, 0.1) is 64.0 Å². The minimum atomic E-state index is -2.46. The second-order valence-electron chi connectivity index (χ2n) is 20.6. The number of methoxy groups -OCH3 is 1. The lowest BCUT2D eigenvalue weighted by atomic mass is 9.88. The number of primary amides is 1. The lowest BCUT2D eigenvalue weighted by Crippen LogP contribution is -2.58. The largest absolute Gasteiger partial charge is 0.610 e. The van der Waals surface area contributed by atoms with Crippen LogP contribution in [0.15, 0.2) is 17.2 Å². The number of nitrogens with zero attached hydrogens (tertiary/aromatic N) is 1. The highest BCUT2D eigenvalue weighted by Crippen LogP contribution is 2.39. The quantitative estimate of drug-likeness (QED) is 0.0226. The third kappa shape index (κ3) is 21.4. The number of carbonyl (C=O) groups excluding carboxylic acids is 12. The highest BCUT2D eigenvalue weighted by molar-refractivity contribution is 7.98. The van der Waals surface area contributed by atoms with Crippen LogP contribution in [0.5, 0.6) is 5.75 Å². The number of nitrogens with two attached hydrogens (primary N) is 2. The predicted molar refractivity (Wildman–Crippen MR) is 307 cm³/mol. The van der Waals surface area contributed by atoms with Crippen LogP contribution in [0.2, 0.25) is 0 Å². The minimum absolute atomic E-state index is 0.0565. The van der Waals surface area contributed by atoms with Crippen LogP contribution in [0, 0.1) is 17.8 Å². The molecular formula is C53H80N12O19S2. The van der Waals surface area contributed by atoms with Gasteiger partial charge in [-0.25, -0.2) is 4.79 Å². The number of carbonyl (C=O) groups is 12. The van der Waals surface area contributed by atoms with Gasteiger partial charge in [-0.15, -0.1) is 5.06 Å². The molecule has 4 rings (SSSR count). The monoisotopic (exact) mass is 1250 g/mol. The number of thioether (sulfide) groups is 1. The van der Waals surface area contributed by atoms with Gasteiger partial charge in [-0.3, -0.25) is 52.7 Å². The van der Waals surface area contributed by atoms with E-state index in [4.69, 9.17) is 21.0 Å². The Labute approximate surface area is 502 Å². The molecule has 2 aliphatic rings. The third-order valence-corrected chi connectivity index (χ3v) is 16.8. The fraction of sp³-hybridized carbons (Fsp3) is 0.623. The SMILES string of the molecule is CC[C@H](C)[C@H](CCNC(=O)CN)C(=O)NCC(=O)N[C@@H]1C[S+]([O-])c2[nH]c3c(CSCCNC(=O)CCCC(=O)ON4C(=O)CCC4=O)c(OC)ccc3c2[C@H](CO)CNC(=O)[C@H]([C@@H](C)[C@@H](O)CO)NC(=O)C[C@@H](O)CNC(=O)[C@H](CC(N)=O)NC1=O. The number of fused-ring (bicyclic) bond motifs is 3. The molecule has 11 amide bonds. The van der Waals surface area contributed by atoms with Crippen molar-refractivity contribution >= 4 is 105 Å². The van der Waals surface area contributed by atoms with Crippen molar-refractivity contribution in [2.45, 2.75) is 126 Å². The molecule has 2 aromatic rings. The smallest absolute Gasteiger partial charge is 0.333 e. The van der Waals surface area contributed by atoms with Gasteiger partial charge in [0, 0.05) is 109 Å². The lowest BCUT2D eigenvalue weighted by molar-refractivity contribution is -0.197. The fourth-order valence-electron chi connectivity index (χ4n) is 9.26. The van der Waals surface area contributed by atoms with Gasteiger partial charge in [0.2, 0.25) is 58.2 Å². The van der Waals surface area contributed by atoms with Crippen LogP contribution in [-0.4, -0.2) is 207 Å². The summed E-state index contributed by atoms with van der Waals surface area (Å²) in [5.41, 5.74) is 11.8. The Bertz CT molecular complexity index is 2740. The van der Waals surface area contributed by atoms with E-state index in [-0.39, 0.29) is 80.4 Å². The summed E-state index contributed by atoms with van der Waals surface area (Å²) in [6.07, 6.45) is -4.49. The second-order valence-corrected chi connectivity index (χ2v) is 23.2. The highest BCUT2D eigenvalue weighted by atomic mass is 32.2. The van der Waals surface area contributed by atoms with E-state index >= 15 is 4.55 Å². The second kappa shape index (κ2) is 35.5. The number of β-amino-alcohol motifs (C(OH)–C–C–N with tert-alkyl or cyclic N) is 1. The first-order chi connectivity index (χ1) is 40.9. The number of hydrogen-bond acceptors (Lipinski definition) is 21. The first-order valence-corrected chi connectivity index (χ1v) is 30.4. The molecule has 478 valence electrons. The number of aliphatic hydroxyl groups is 4. The zero-order chi connectivity index (χ0) is 63.8. The molecule has 0 spiro atoms. The van der Waals surface area contributed by atoms with Crippen molar-refractivity contribution in [3.8, 4) is 5.75 Å². The van der Waals surface area contributed by atoms with E-state index in [1.165, 1.54) is 25.8 Å². The number of nitrogens with one attached hydrogen (secondary N) is 9. The average molecular weight is 1250 g/mol. The Morgan fingerprint density at radius 1 is 0.907 bits per heavy atom. The Hall–Kier alpha value is -7.14. The highest BCUT2D eigenvalue weighted by Gasteiger charge is 2.39. The summed E-state index contributed by atoms with van der Waals surface area (Å²) in [7, 11) is 1.39. The number of hydrogen-bond donors (Lipinski definition) is 15. The van der Waals surface area contributed by atoms with Gasteiger partial charge < -0.3 is 93.5 Å². The Morgan fingerprint density at radius 2 is 1.59 bits per heavy atom. The summed E-state index contributed by atoms with van der Waals surface area (Å²) in [6.45, 7) is 1.53. The molecule has 2 aliphatic heterocycles. The maximum absolute atomic E-state index is 15.2. The molecule has 31 nitrogen and oxygen atoms in total. The molecule has 10 atom stereocenters. The molecule has 1 saturated heterocycles. The van der Waals surface area contributed by atoms with E-state index in [0.29, 0.717) is 39.5 Å². The van der Waals surface area contributed by atoms with E-state index in [9.17, 15) is 78.0 Å². The molecular weight excluding hydrogens is 1170 g/mol. The van der Waals surface area contributed by atoms with E-state index < -0.39 is 182 Å². The number of hydroxylamine groups is 2.